The lowest BCUT2D eigenvalue weighted by Gasteiger charge is -2.39. The van der Waals surface area contributed by atoms with Gasteiger partial charge in [0, 0.05) is 36.9 Å². The van der Waals surface area contributed by atoms with Crippen LogP contribution in [-0.4, -0.2) is 66.5 Å². The Morgan fingerprint density at radius 3 is 2.53 bits per heavy atom. The molecule has 19 heavy (non-hydrogen) atoms. The molecule has 5 nitrogen and oxygen atoms in total. The van der Waals surface area contributed by atoms with Gasteiger partial charge in [0.05, 0.1) is 0 Å². The molecule has 0 aromatic rings. The number of sulfone groups is 1. The molecule has 1 atom stereocenters. The monoisotopic (exact) mass is 306 g/mol. The summed E-state index contributed by atoms with van der Waals surface area (Å²) in [6.07, 6.45) is 3.22. The van der Waals surface area contributed by atoms with Crippen LogP contribution in [0.5, 0.6) is 0 Å². The predicted molar refractivity (Wildman–Crippen MR) is 78.1 cm³/mol. The van der Waals surface area contributed by atoms with E-state index in [4.69, 9.17) is 0 Å². The molecule has 2 fully saturated rings. The molecular weight excluding hydrogens is 284 g/mol. The summed E-state index contributed by atoms with van der Waals surface area (Å²) < 4.78 is 24.3. The zero-order valence-electron chi connectivity index (χ0n) is 11.4. The minimum atomic E-state index is -3.20. The molecule has 0 aromatic carbocycles. The molecule has 0 aromatic heterocycles. The van der Waals surface area contributed by atoms with Crippen LogP contribution in [0.15, 0.2) is 0 Å². The maximum Gasteiger partial charge on any atom is 0.321 e. The molecule has 7 heteroatoms. The molecule has 0 N–H and O–H groups in total. The number of urea groups is 1. The van der Waals surface area contributed by atoms with Crippen molar-refractivity contribution in [3.63, 3.8) is 0 Å². The van der Waals surface area contributed by atoms with E-state index in [2.05, 4.69) is 0 Å². The maximum atomic E-state index is 12.5. The van der Waals surface area contributed by atoms with Crippen LogP contribution in [0.25, 0.3) is 0 Å². The van der Waals surface area contributed by atoms with Crippen molar-refractivity contribution >= 4 is 27.6 Å². The van der Waals surface area contributed by atoms with E-state index in [1.165, 1.54) is 0 Å². The van der Waals surface area contributed by atoms with Crippen LogP contribution in [0, 0.1) is 0 Å². The van der Waals surface area contributed by atoms with Crippen LogP contribution in [0.1, 0.15) is 26.2 Å². The lowest BCUT2D eigenvalue weighted by molar-refractivity contribution is 0.142. The molecule has 0 bridgehead atoms. The highest BCUT2D eigenvalue weighted by molar-refractivity contribution is 8.01. The lowest BCUT2D eigenvalue weighted by Crippen LogP contribution is -2.55. The first kappa shape index (κ1) is 15.0. The van der Waals surface area contributed by atoms with Crippen LogP contribution in [0.2, 0.25) is 0 Å². The Kier molecular flexibility index (Phi) is 5.00. The molecule has 2 aliphatic rings. The number of amides is 2. The number of hydrogen-bond acceptors (Lipinski definition) is 4. The van der Waals surface area contributed by atoms with Gasteiger partial charge in [-0.1, -0.05) is 6.92 Å². The average Bonchev–Trinajstić information content (AvgIpc) is 2.47. The molecule has 0 saturated carbocycles. The molecule has 2 amide bonds. The Bertz CT molecular complexity index is 419. The van der Waals surface area contributed by atoms with E-state index in [1.54, 1.807) is 23.6 Å². The average molecular weight is 306 g/mol. The van der Waals surface area contributed by atoms with E-state index in [0.717, 1.165) is 38.1 Å². The standard InChI is InChI=1S/C12H22N2O3S2/c1-2-19(16,17)11-10-18-9-8-14(11)12(15)13-6-4-3-5-7-13/h11H,2-10H2,1H3. The van der Waals surface area contributed by atoms with Gasteiger partial charge in [-0.05, 0) is 19.3 Å². The van der Waals surface area contributed by atoms with E-state index in [9.17, 15) is 13.2 Å². The van der Waals surface area contributed by atoms with Crippen molar-refractivity contribution < 1.29 is 13.2 Å². The van der Waals surface area contributed by atoms with Crippen molar-refractivity contribution in [1.82, 2.24) is 9.80 Å². The molecule has 0 radical (unpaired) electrons. The van der Waals surface area contributed by atoms with Gasteiger partial charge in [-0.25, -0.2) is 13.2 Å². The zero-order valence-corrected chi connectivity index (χ0v) is 13.0. The zero-order chi connectivity index (χ0) is 13.9. The number of piperidine rings is 1. The second-order valence-corrected chi connectivity index (χ2v) is 8.60. The molecule has 2 saturated heterocycles. The Morgan fingerprint density at radius 1 is 1.21 bits per heavy atom. The number of rotatable bonds is 2. The van der Waals surface area contributed by atoms with Gasteiger partial charge in [-0.15, -0.1) is 0 Å². The Hall–Kier alpha value is -0.430. The Labute approximate surface area is 119 Å². The van der Waals surface area contributed by atoms with E-state index in [0.29, 0.717) is 12.3 Å². The first-order chi connectivity index (χ1) is 9.06. The Balaban J connectivity index is 2.12. The fourth-order valence-corrected chi connectivity index (χ4v) is 5.52. The third kappa shape index (κ3) is 3.37. The highest BCUT2D eigenvalue weighted by Crippen LogP contribution is 2.23. The topological polar surface area (TPSA) is 57.7 Å². The summed E-state index contributed by atoms with van der Waals surface area (Å²) >= 11 is 1.62. The quantitative estimate of drug-likeness (QED) is 0.774. The van der Waals surface area contributed by atoms with Crippen molar-refractivity contribution in [2.24, 2.45) is 0 Å². The number of carbonyl (C=O) groups excluding carboxylic acids is 1. The van der Waals surface area contributed by atoms with Gasteiger partial charge in [0.15, 0.2) is 9.84 Å². The summed E-state index contributed by atoms with van der Waals surface area (Å²) in [7, 11) is -3.20. The van der Waals surface area contributed by atoms with E-state index < -0.39 is 15.2 Å². The molecule has 2 heterocycles. The van der Waals surface area contributed by atoms with Crippen molar-refractivity contribution in [3.8, 4) is 0 Å². The molecule has 110 valence electrons. The highest BCUT2D eigenvalue weighted by Gasteiger charge is 2.37. The van der Waals surface area contributed by atoms with Crippen LogP contribution < -0.4 is 0 Å². The van der Waals surface area contributed by atoms with Crippen molar-refractivity contribution in [3.05, 3.63) is 0 Å². The molecule has 1 unspecified atom stereocenters. The predicted octanol–water partition coefficient (Wildman–Crippen LogP) is 1.40. The molecule has 0 spiro atoms. The number of likely N-dealkylation sites (tertiary alicyclic amines) is 1. The summed E-state index contributed by atoms with van der Waals surface area (Å²) in [5.41, 5.74) is 0. The van der Waals surface area contributed by atoms with Gasteiger partial charge in [0.25, 0.3) is 0 Å². The summed E-state index contributed by atoms with van der Waals surface area (Å²) in [4.78, 5) is 15.9. The second-order valence-electron chi connectivity index (χ2n) is 5.00. The second kappa shape index (κ2) is 6.35. The van der Waals surface area contributed by atoms with Gasteiger partial charge in [-0.2, -0.15) is 11.8 Å². The first-order valence-corrected chi connectivity index (χ1v) is 9.78. The Morgan fingerprint density at radius 2 is 1.89 bits per heavy atom. The van der Waals surface area contributed by atoms with Crippen LogP contribution in [0.3, 0.4) is 0 Å². The van der Waals surface area contributed by atoms with Crippen molar-refractivity contribution in [1.29, 1.82) is 0 Å². The summed E-state index contributed by atoms with van der Waals surface area (Å²) in [6, 6.07) is -0.0815. The largest absolute Gasteiger partial charge is 0.325 e. The summed E-state index contributed by atoms with van der Waals surface area (Å²) in [6.45, 7) is 3.73. The summed E-state index contributed by atoms with van der Waals surface area (Å²) in [5, 5.41) is -0.634. The van der Waals surface area contributed by atoms with Gasteiger partial charge >= 0.3 is 6.03 Å². The smallest absolute Gasteiger partial charge is 0.321 e. The van der Waals surface area contributed by atoms with E-state index in [1.807, 2.05) is 4.90 Å². The fraction of sp³-hybridized carbons (Fsp3) is 0.917. The van der Waals surface area contributed by atoms with Crippen LogP contribution >= 0.6 is 11.8 Å². The first-order valence-electron chi connectivity index (χ1n) is 6.91. The SMILES string of the molecule is CCS(=O)(=O)C1CSCCN1C(=O)N1CCCCC1. The van der Waals surface area contributed by atoms with E-state index >= 15 is 0 Å². The number of carbonyl (C=O) groups is 1. The number of nitrogens with zero attached hydrogens (tertiary/aromatic N) is 2. The fourth-order valence-electron chi connectivity index (χ4n) is 2.56. The van der Waals surface area contributed by atoms with Gasteiger partial charge in [0.2, 0.25) is 0 Å². The van der Waals surface area contributed by atoms with Gasteiger partial charge < -0.3 is 9.80 Å². The normalized spacial score (nSPS) is 25.4. The lowest BCUT2D eigenvalue weighted by atomic mass is 10.1. The third-order valence-corrected chi connectivity index (χ3v) is 7.06. The van der Waals surface area contributed by atoms with Crippen molar-refractivity contribution in [2.75, 3.05) is 36.9 Å². The van der Waals surface area contributed by atoms with Crippen molar-refractivity contribution in [2.45, 2.75) is 31.6 Å². The molecule has 0 aliphatic carbocycles. The minimum absolute atomic E-state index is 0.0815. The summed E-state index contributed by atoms with van der Waals surface area (Å²) in [5.74, 6) is 1.44. The van der Waals surface area contributed by atoms with Crippen LogP contribution in [0.4, 0.5) is 4.79 Å². The third-order valence-electron chi connectivity index (χ3n) is 3.77. The maximum absolute atomic E-state index is 12.5. The number of thioether (sulfide) groups is 1. The molecule has 2 aliphatic heterocycles. The number of hydrogen-bond donors (Lipinski definition) is 0. The van der Waals surface area contributed by atoms with Gasteiger partial charge in [0.1, 0.15) is 5.37 Å². The molecule has 2 rings (SSSR count). The van der Waals surface area contributed by atoms with Gasteiger partial charge in [-0.3, -0.25) is 0 Å². The molecular formula is C12H22N2O3S2. The van der Waals surface area contributed by atoms with Crippen LogP contribution in [-0.2, 0) is 9.84 Å². The highest BCUT2D eigenvalue weighted by atomic mass is 32.2. The van der Waals surface area contributed by atoms with E-state index in [-0.39, 0.29) is 11.8 Å². The minimum Gasteiger partial charge on any atom is -0.325 e.